The summed E-state index contributed by atoms with van der Waals surface area (Å²) in [5, 5.41) is 13.7. The first-order chi connectivity index (χ1) is 11.1. The number of hydrogen-bond acceptors (Lipinski definition) is 4. The van der Waals surface area contributed by atoms with Gasteiger partial charge < -0.3 is 14.5 Å². The molecular formula is C16H18ClN3O3. The van der Waals surface area contributed by atoms with Crippen molar-refractivity contribution in [2.75, 3.05) is 32.7 Å². The molecule has 0 atom stereocenters. The van der Waals surface area contributed by atoms with Gasteiger partial charge in [0, 0.05) is 55.8 Å². The minimum atomic E-state index is -0.839. The van der Waals surface area contributed by atoms with E-state index in [2.05, 4.69) is 10.1 Å². The Hall–Kier alpha value is -2.05. The molecule has 7 heteroatoms. The summed E-state index contributed by atoms with van der Waals surface area (Å²) in [5.74, 6) is 0.729. The van der Waals surface area contributed by atoms with E-state index in [1.165, 1.54) is 4.90 Å². The molecule has 23 heavy (non-hydrogen) atoms. The highest BCUT2D eigenvalue weighted by Crippen LogP contribution is 2.22. The van der Waals surface area contributed by atoms with Crippen molar-refractivity contribution in [3.63, 3.8) is 0 Å². The van der Waals surface area contributed by atoms with Crippen LogP contribution in [0.3, 0.4) is 0 Å². The van der Waals surface area contributed by atoms with Gasteiger partial charge in [0.05, 0.1) is 5.69 Å². The molecule has 0 aliphatic carbocycles. The zero-order chi connectivity index (χ0) is 16.2. The molecular weight excluding hydrogens is 318 g/mol. The normalized spacial score (nSPS) is 15.8. The van der Waals surface area contributed by atoms with Crippen LogP contribution in [0.4, 0.5) is 4.79 Å². The zero-order valence-corrected chi connectivity index (χ0v) is 13.4. The molecule has 1 aromatic carbocycles. The summed E-state index contributed by atoms with van der Waals surface area (Å²) in [7, 11) is 0. The van der Waals surface area contributed by atoms with E-state index < -0.39 is 6.09 Å². The van der Waals surface area contributed by atoms with Gasteiger partial charge in [-0.2, -0.15) is 0 Å². The van der Waals surface area contributed by atoms with Crippen LogP contribution in [0, 0.1) is 0 Å². The van der Waals surface area contributed by atoms with E-state index >= 15 is 0 Å². The number of carboxylic acid groups (broad SMARTS) is 1. The summed E-state index contributed by atoms with van der Waals surface area (Å²) in [6.45, 7) is 3.48. The maximum absolute atomic E-state index is 10.9. The fraction of sp³-hybridized carbons (Fsp3) is 0.375. The predicted octanol–water partition coefficient (Wildman–Crippen LogP) is 2.83. The maximum atomic E-state index is 10.9. The molecule has 6 nitrogen and oxygen atoms in total. The molecule has 0 bridgehead atoms. The molecule has 1 aliphatic rings. The molecule has 1 fully saturated rings. The topological polar surface area (TPSA) is 69.8 Å². The fourth-order valence-electron chi connectivity index (χ4n) is 2.62. The molecule has 0 saturated carbocycles. The van der Waals surface area contributed by atoms with E-state index in [0.29, 0.717) is 18.1 Å². The molecule has 2 aromatic rings. The van der Waals surface area contributed by atoms with Gasteiger partial charge in [0.25, 0.3) is 0 Å². The molecule has 2 heterocycles. The summed E-state index contributed by atoms with van der Waals surface area (Å²) in [5.41, 5.74) is 1.85. The number of benzene rings is 1. The molecule has 1 N–H and O–H groups in total. The van der Waals surface area contributed by atoms with Crippen molar-refractivity contribution in [2.45, 2.75) is 6.42 Å². The first-order valence-corrected chi connectivity index (χ1v) is 7.91. The van der Waals surface area contributed by atoms with Gasteiger partial charge in [0.1, 0.15) is 0 Å². The van der Waals surface area contributed by atoms with Crippen molar-refractivity contribution in [2.24, 2.45) is 0 Å². The second-order valence-corrected chi connectivity index (χ2v) is 5.99. The average molecular weight is 336 g/mol. The van der Waals surface area contributed by atoms with Crippen LogP contribution >= 0.6 is 11.6 Å². The molecule has 1 aliphatic heterocycles. The van der Waals surface area contributed by atoms with Crippen molar-refractivity contribution in [3.8, 4) is 11.3 Å². The van der Waals surface area contributed by atoms with Crippen molar-refractivity contribution >= 4 is 17.7 Å². The molecule has 0 radical (unpaired) electrons. The Balaban J connectivity index is 1.52. The van der Waals surface area contributed by atoms with Crippen LogP contribution in [0.1, 0.15) is 5.69 Å². The molecule has 1 amide bonds. The van der Waals surface area contributed by atoms with E-state index in [0.717, 1.165) is 43.1 Å². The lowest BCUT2D eigenvalue weighted by Gasteiger charge is -2.32. The van der Waals surface area contributed by atoms with Gasteiger partial charge in [-0.3, -0.25) is 4.90 Å². The lowest BCUT2D eigenvalue weighted by Crippen LogP contribution is -2.48. The second kappa shape index (κ2) is 7.02. The molecule has 122 valence electrons. The van der Waals surface area contributed by atoms with Crippen LogP contribution in [0.5, 0.6) is 0 Å². The zero-order valence-electron chi connectivity index (χ0n) is 12.6. The third-order valence-corrected chi connectivity index (χ3v) is 4.27. The van der Waals surface area contributed by atoms with Crippen molar-refractivity contribution in [1.29, 1.82) is 0 Å². The Kier molecular flexibility index (Phi) is 4.83. The molecule has 1 aromatic heterocycles. The van der Waals surface area contributed by atoms with Crippen molar-refractivity contribution < 1.29 is 14.4 Å². The van der Waals surface area contributed by atoms with Gasteiger partial charge in [0.15, 0.2) is 5.76 Å². The maximum Gasteiger partial charge on any atom is 0.407 e. The number of aromatic nitrogens is 1. The largest absolute Gasteiger partial charge is 0.465 e. The minimum absolute atomic E-state index is 0.560. The summed E-state index contributed by atoms with van der Waals surface area (Å²) in [6.07, 6.45) is -0.0572. The van der Waals surface area contributed by atoms with Gasteiger partial charge in [-0.25, -0.2) is 4.79 Å². The number of halogens is 1. The number of amides is 1. The van der Waals surface area contributed by atoms with E-state index in [-0.39, 0.29) is 0 Å². The Morgan fingerprint density at radius 2 is 1.91 bits per heavy atom. The van der Waals surface area contributed by atoms with Crippen LogP contribution in [0.25, 0.3) is 11.3 Å². The average Bonchev–Trinajstić information content (AvgIpc) is 3.03. The van der Waals surface area contributed by atoms with Gasteiger partial charge in [0.2, 0.25) is 0 Å². The van der Waals surface area contributed by atoms with Crippen molar-refractivity contribution in [1.82, 2.24) is 15.0 Å². The van der Waals surface area contributed by atoms with Gasteiger partial charge >= 0.3 is 6.09 Å². The van der Waals surface area contributed by atoms with Gasteiger partial charge in [-0.15, -0.1) is 0 Å². The third kappa shape index (κ3) is 4.03. The highest BCUT2D eigenvalue weighted by Gasteiger charge is 2.20. The summed E-state index contributed by atoms with van der Waals surface area (Å²) < 4.78 is 5.38. The second-order valence-electron chi connectivity index (χ2n) is 5.55. The summed E-state index contributed by atoms with van der Waals surface area (Å²) in [4.78, 5) is 14.6. The standard InChI is InChI=1S/C16H18ClN3O3/c17-13-3-1-12(2-4-13)15-11-14(18-23-15)5-6-19-7-9-20(10-8-19)16(21)22/h1-4,11H,5-10H2,(H,21,22). The quantitative estimate of drug-likeness (QED) is 0.930. The smallest absolute Gasteiger partial charge is 0.407 e. The highest BCUT2D eigenvalue weighted by molar-refractivity contribution is 6.30. The van der Waals surface area contributed by atoms with E-state index in [1.807, 2.05) is 30.3 Å². The lowest BCUT2D eigenvalue weighted by atomic mass is 10.1. The number of carbonyl (C=O) groups is 1. The Labute approximate surface area is 139 Å². The summed E-state index contributed by atoms with van der Waals surface area (Å²) >= 11 is 5.88. The Morgan fingerprint density at radius 1 is 1.22 bits per heavy atom. The first kappa shape index (κ1) is 15.8. The monoisotopic (exact) mass is 335 g/mol. The lowest BCUT2D eigenvalue weighted by molar-refractivity contribution is 0.106. The van der Waals surface area contributed by atoms with E-state index in [4.69, 9.17) is 21.2 Å². The Bertz CT molecular complexity index is 663. The minimum Gasteiger partial charge on any atom is -0.465 e. The summed E-state index contributed by atoms with van der Waals surface area (Å²) in [6, 6.07) is 9.38. The van der Waals surface area contributed by atoms with Gasteiger partial charge in [-0.1, -0.05) is 16.8 Å². The fourth-order valence-corrected chi connectivity index (χ4v) is 2.74. The van der Waals surface area contributed by atoms with Crippen LogP contribution in [-0.2, 0) is 6.42 Å². The third-order valence-electron chi connectivity index (χ3n) is 4.01. The Morgan fingerprint density at radius 3 is 2.57 bits per heavy atom. The van der Waals surface area contributed by atoms with Crippen molar-refractivity contribution in [3.05, 3.63) is 41.0 Å². The van der Waals surface area contributed by atoms with Crippen LogP contribution in [0.2, 0.25) is 5.02 Å². The SMILES string of the molecule is O=C(O)N1CCN(CCc2cc(-c3ccc(Cl)cc3)on2)CC1. The molecule has 0 unspecified atom stereocenters. The molecule has 0 spiro atoms. The van der Waals surface area contributed by atoms with E-state index in [9.17, 15) is 4.79 Å². The van der Waals surface area contributed by atoms with Crippen LogP contribution in [0.15, 0.2) is 34.9 Å². The number of piperazine rings is 1. The number of hydrogen-bond donors (Lipinski definition) is 1. The van der Waals surface area contributed by atoms with Crippen LogP contribution in [-0.4, -0.2) is 58.9 Å². The van der Waals surface area contributed by atoms with E-state index in [1.54, 1.807) is 0 Å². The van der Waals surface area contributed by atoms with Crippen LogP contribution < -0.4 is 0 Å². The number of nitrogens with zero attached hydrogens (tertiary/aromatic N) is 3. The molecule has 3 rings (SSSR count). The van der Waals surface area contributed by atoms with Gasteiger partial charge in [-0.05, 0) is 24.3 Å². The predicted molar refractivity (Wildman–Crippen MR) is 86.7 cm³/mol. The first-order valence-electron chi connectivity index (χ1n) is 7.53. The number of rotatable bonds is 4. The highest BCUT2D eigenvalue weighted by atomic mass is 35.5. The molecule has 1 saturated heterocycles.